The molecule has 2 heterocycles. The van der Waals surface area contributed by atoms with E-state index < -0.39 is 0 Å². The number of nitrogens with zero attached hydrogens (tertiary/aromatic N) is 3. The fourth-order valence-electron chi connectivity index (χ4n) is 2.63. The van der Waals surface area contributed by atoms with E-state index in [2.05, 4.69) is 15.6 Å². The van der Waals surface area contributed by atoms with Crippen LogP contribution in [-0.2, 0) is 17.9 Å². The van der Waals surface area contributed by atoms with Crippen LogP contribution in [0.2, 0.25) is 0 Å². The van der Waals surface area contributed by atoms with E-state index in [9.17, 15) is 9.59 Å². The van der Waals surface area contributed by atoms with Crippen LogP contribution < -0.4 is 10.6 Å². The molecule has 0 aliphatic rings. The zero-order valence-electron chi connectivity index (χ0n) is 14.8. The van der Waals surface area contributed by atoms with Gasteiger partial charge in [-0.25, -0.2) is 9.78 Å². The molecule has 7 nitrogen and oxygen atoms in total. The van der Waals surface area contributed by atoms with Crippen molar-refractivity contribution in [2.24, 2.45) is 0 Å². The van der Waals surface area contributed by atoms with Gasteiger partial charge in [0.1, 0.15) is 5.65 Å². The minimum Gasteiger partial charge on any atom is -0.342 e. The molecular weight excluding hydrogens is 330 g/mol. The van der Waals surface area contributed by atoms with Crippen LogP contribution in [0.5, 0.6) is 0 Å². The zero-order chi connectivity index (χ0) is 18.5. The molecule has 0 atom stereocenters. The first-order chi connectivity index (χ1) is 12.5. The van der Waals surface area contributed by atoms with Gasteiger partial charge in [0.15, 0.2) is 0 Å². The summed E-state index contributed by atoms with van der Waals surface area (Å²) in [5.41, 5.74) is 3.38. The zero-order valence-corrected chi connectivity index (χ0v) is 14.8. The summed E-state index contributed by atoms with van der Waals surface area (Å²) in [5.74, 6) is -0.00530. The van der Waals surface area contributed by atoms with E-state index in [1.807, 2.05) is 53.2 Å². The highest BCUT2D eigenvalue weighted by Crippen LogP contribution is 2.13. The van der Waals surface area contributed by atoms with E-state index in [1.54, 1.807) is 18.1 Å². The van der Waals surface area contributed by atoms with Crippen molar-refractivity contribution in [1.29, 1.82) is 0 Å². The first-order valence-corrected chi connectivity index (χ1v) is 8.29. The molecule has 0 unspecified atom stereocenters. The van der Waals surface area contributed by atoms with Gasteiger partial charge in [0.2, 0.25) is 5.91 Å². The summed E-state index contributed by atoms with van der Waals surface area (Å²) < 4.78 is 1.91. The van der Waals surface area contributed by atoms with Crippen molar-refractivity contribution in [1.82, 2.24) is 19.6 Å². The maximum absolute atomic E-state index is 12.2. The quantitative estimate of drug-likeness (QED) is 0.742. The molecule has 2 N–H and O–H groups in total. The Morgan fingerprint density at radius 3 is 2.85 bits per heavy atom. The Bertz CT molecular complexity index is 934. The number of fused-ring (bicyclic) bond motifs is 1. The molecule has 0 spiro atoms. The molecule has 0 aliphatic heterocycles. The number of amides is 3. The Labute approximate surface area is 151 Å². The number of hydrogen-bond donors (Lipinski definition) is 2. The third-order valence-corrected chi connectivity index (χ3v) is 4.08. The van der Waals surface area contributed by atoms with Gasteiger partial charge in [-0.2, -0.15) is 0 Å². The Morgan fingerprint density at radius 1 is 1.19 bits per heavy atom. The van der Waals surface area contributed by atoms with Crippen LogP contribution in [0.3, 0.4) is 0 Å². The molecule has 7 heteroatoms. The molecule has 134 valence electrons. The SMILES string of the molecule is CC(=O)N(C)Cc1cccc(NC(=O)NCc2cccn3ccnc23)c1. The summed E-state index contributed by atoms with van der Waals surface area (Å²) in [6.45, 7) is 2.39. The second-order valence-electron chi connectivity index (χ2n) is 6.07. The van der Waals surface area contributed by atoms with Crippen LogP contribution in [-0.4, -0.2) is 33.3 Å². The Kier molecular flexibility index (Phi) is 5.17. The molecule has 3 aromatic rings. The lowest BCUT2D eigenvalue weighted by atomic mass is 10.2. The summed E-state index contributed by atoms with van der Waals surface area (Å²) in [6, 6.07) is 11.0. The first-order valence-electron chi connectivity index (χ1n) is 8.29. The third kappa shape index (κ3) is 4.18. The standard InChI is InChI=1S/C19H21N5O2/c1-14(25)23(2)13-15-5-3-7-17(11-15)22-19(26)21-12-16-6-4-9-24-10-8-20-18(16)24/h3-11H,12-13H2,1-2H3,(H2,21,22,26). The number of nitrogens with one attached hydrogen (secondary N) is 2. The molecule has 0 saturated heterocycles. The van der Waals surface area contributed by atoms with E-state index in [0.717, 1.165) is 16.8 Å². The number of hydrogen-bond acceptors (Lipinski definition) is 3. The molecule has 0 bridgehead atoms. The molecule has 1 aromatic carbocycles. The topological polar surface area (TPSA) is 78.7 Å². The van der Waals surface area contributed by atoms with E-state index in [1.165, 1.54) is 6.92 Å². The van der Waals surface area contributed by atoms with Gasteiger partial charge in [-0.15, -0.1) is 0 Å². The number of carbonyl (C=O) groups excluding carboxylic acids is 2. The highest BCUT2D eigenvalue weighted by Gasteiger charge is 2.07. The molecule has 0 saturated carbocycles. The fourth-order valence-corrected chi connectivity index (χ4v) is 2.63. The minimum atomic E-state index is -0.296. The number of rotatable bonds is 5. The Balaban J connectivity index is 1.60. The largest absolute Gasteiger partial charge is 0.342 e. The van der Waals surface area contributed by atoms with Gasteiger partial charge in [0, 0.05) is 56.9 Å². The van der Waals surface area contributed by atoms with Crippen LogP contribution in [0.25, 0.3) is 5.65 Å². The summed E-state index contributed by atoms with van der Waals surface area (Å²) >= 11 is 0. The number of anilines is 1. The van der Waals surface area contributed by atoms with Crippen LogP contribution in [0, 0.1) is 0 Å². The maximum atomic E-state index is 12.2. The van der Waals surface area contributed by atoms with Gasteiger partial charge in [0.05, 0.1) is 0 Å². The van der Waals surface area contributed by atoms with Gasteiger partial charge >= 0.3 is 6.03 Å². The lowest BCUT2D eigenvalue weighted by Crippen LogP contribution is -2.28. The smallest absolute Gasteiger partial charge is 0.319 e. The van der Waals surface area contributed by atoms with Crippen LogP contribution in [0.1, 0.15) is 18.1 Å². The predicted molar refractivity (Wildman–Crippen MR) is 99.6 cm³/mol. The maximum Gasteiger partial charge on any atom is 0.319 e. The molecule has 0 fully saturated rings. The molecular formula is C19H21N5O2. The Hall–Kier alpha value is -3.35. The molecule has 2 aromatic heterocycles. The number of aromatic nitrogens is 2. The van der Waals surface area contributed by atoms with E-state index in [0.29, 0.717) is 18.8 Å². The second-order valence-corrected chi connectivity index (χ2v) is 6.07. The highest BCUT2D eigenvalue weighted by atomic mass is 16.2. The van der Waals surface area contributed by atoms with Gasteiger partial charge in [-0.3, -0.25) is 4.79 Å². The lowest BCUT2D eigenvalue weighted by molar-refractivity contribution is -0.128. The minimum absolute atomic E-state index is 0.00530. The van der Waals surface area contributed by atoms with Crippen molar-refractivity contribution < 1.29 is 9.59 Å². The fraction of sp³-hybridized carbons (Fsp3) is 0.211. The van der Waals surface area contributed by atoms with Crippen LogP contribution in [0.4, 0.5) is 10.5 Å². The number of imidazole rings is 1. The molecule has 26 heavy (non-hydrogen) atoms. The van der Waals surface area contributed by atoms with Gasteiger partial charge in [-0.1, -0.05) is 18.2 Å². The highest BCUT2D eigenvalue weighted by molar-refractivity contribution is 5.89. The molecule has 0 aliphatic carbocycles. The number of urea groups is 1. The van der Waals surface area contributed by atoms with Crippen LogP contribution in [0.15, 0.2) is 55.0 Å². The summed E-state index contributed by atoms with van der Waals surface area (Å²) in [6.07, 6.45) is 5.50. The number of carbonyl (C=O) groups is 2. The van der Waals surface area contributed by atoms with Crippen molar-refractivity contribution in [2.75, 3.05) is 12.4 Å². The van der Waals surface area contributed by atoms with Gasteiger partial charge in [0.25, 0.3) is 0 Å². The molecule has 3 amide bonds. The van der Waals surface area contributed by atoms with Crippen molar-refractivity contribution in [2.45, 2.75) is 20.0 Å². The first kappa shape index (κ1) is 17.5. The monoisotopic (exact) mass is 351 g/mol. The van der Waals surface area contributed by atoms with E-state index >= 15 is 0 Å². The molecule has 3 rings (SSSR count). The number of pyridine rings is 1. The van der Waals surface area contributed by atoms with Crippen molar-refractivity contribution in [3.63, 3.8) is 0 Å². The summed E-state index contributed by atoms with van der Waals surface area (Å²) in [7, 11) is 1.74. The normalized spacial score (nSPS) is 10.5. The predicted octanol–water partition coefficient (Wildman–Crippen LogP) is 2.63. The third-order valence-electron chi connectivity index (χ3n) is 4.08. The van der Waals surface area contributed by atoms with Crippen molar-refractivity contribution >= 4 is 23.3 Å². The lowest BCUT2D eigenvalue weighted by Gasteiger charge is -2.15. The van der Waals surface area contributed by atoms with Crippen molar-refractivity contribution in [3.8, 4) is 0 Å². The Morgan fingerprint density at radius 2 is 2.04 bits per heavy atom. The second kappa shape index (κ2) is 7.69. The van der Waals surface area contributed by atoms with Crippen LogP contribution >= 0.6 is 0 Å². The van der Waals surface area contributed by atoms with Crippen molar-refractivity contribution in [3.05, 3.63) is 66.1 Å². The van der Waals surface area contributed by atoms with E-state index in [-0.39, 0.29) is 11.9 Å². The average molecular weight is 351 g/mol. The van der Waals surface area contributed by atoms with Gasteiger partial charge < -0.3 is 19.9 Å². The number of benzene rings is 1. The summed E-state index contributed by atoms with van der Waals surface area (Å²) in [5, 5.41) is 5.66. The average Bonchev–Trinajstić information content (AvgIpc) is 3.09. The van der Waals surface area contributed by atoms with Gasteiger partial charge in [-0.05, 0) is 23.8 Å². The van der Waals surface area contributed by atoms with E-state index in [4.69, 9.17) is 0 Å². The molecule has 0 radical (unpaired) electrons. The summed E-state index contributed by atoms with van der Waals surface area (Å²) in [4.78, 5) is 29.4.